The zero-order valence-corrected chi connectivity index (χ0v) is 16.8. The third kappa shape index (κ3) is 4.77. The lowest BCUT2D eigenvalue weighted by atomic mass is 9.92. The van der Waals surface area contributed by atoms with Crippen LogP contribution in [0.5, 0.6) is 0 Å². The van der Waals surface area contributed by atoms with E-state index in [1.54, 1.807) is 6.07 Å². The van der Waals surface area contributed by atoms with Crippen molar-refractivity contribution in [3.8, 4) is 0 Å². The Bertz CT molecular complexity index is 1040. The molecule has 0 amide bonds. The Morgan fingerprint density at radius 3 is 1.89 bits per heavy atom. The van der Waals surface area contributed by atoms with E-state index in [-0.39, 0.29) is 11.5 Å². The van der Waals surface area contributed by atoms with Crippen LogP contribution in [0.3, 0.4) is 0 Å². The highest BCUT2D eigenvalue weighted by Crippen LogP contribution is 2.29. The molecule has 0 aliphatic rings. The summed E-state index contributed by atoms with van der Waals surface area (Å²) in [5.74, 6) is 0. The lowest BCUT2D eigenvalue weighted by Gasteiger charge is -2.18. The summed E-state index contributed by atoms with van der Waals surface area (Å²) in [6, 6.07) is 23.5. The molecule has 144 valence electrons. The first-order valence-corrected chi connectivity index (χ1v) is 10.6. The quantitative estimate of drug-likeness (QED) is 0.397. The first-order chi connectivity index (χ1) is 13.5. The van der Waals surface area contributed by atoms with Gasteiger partial charge in [0, 0.05) is 0 Å². The highest BCUT2D eigenvalue weighted by Gasteiger charge is 2.23. The summed E-state index contributed by atoms with van der Waals surface area (Å²) >= 11 is 0. The van der Waals surface area contributed by atoms with E-state index in [9.17, 15) is 8.42 Å². The molecule has 0 heterocycles. The van der Waals surface area contributed by atoms with Crippen molar-refractivity contribution in [1.82, 2.24) is 0 Å². The van der Waals surface area contributed by atoms with Crippen LogP contribution in [0.4, 0.5) is 0 Å². The number of benzene rings is 3. The Morgan fingerprint density at radius 2 is 1.36 bits per heavy atom. The maximum absolute atomic E-state index is 12.8. The highest BCUT2D eigenvalue weighted by molar-refractivity contribution is 7.86. The largest absolute Gasteiger partial charge is 0.297 e. The van der Waals surface area contributed by atoms with E-state index >= 15 is 0 Å². The zero-order chi connectivity index (χ0) is 20.0. The third-order valence-electron chi connectivity index (χ3n) is 4.68. The zero-order valence-electron chi connectivity index (χ0n) is 16.0. The maximum Gasteiger partial charge on any atom is 0.297 e. The fraction of sp³-hybridized carbons (Fsp3) is 0.167. The molecule has 0 saturated heterocycles. The first kappa shape index (κ1) is 20.1. The minimum absolute atomic E-state index is 0.0466. The molecular weight excluding hydrogens is 368 g/mol. The average molecular weight is 393 g/mol. The van der Waals surface area contributed by atoms with Gasteiger partial charge in [-0.25, -0.2) is 0 Å². The van der Waals surface area contributed by atoms with E-state index in [1.165, 1.54) is 6.08 Å². The van der Waals surface area contributed by atoms with E-state index in [2.05, 4.69) is 18.7 Å². The second-order valence-electron chi connectivity index (χ2n) is 6.69. The number of hydrogen-bond donors (Lipinski definition) is 0. The molecule has 0 saturated carbocycles. The van der Waals surface area contributed by atoms with Gasteiger partial charge in [0.15, 0.2) is 0 Å². The Labute approximate surface area is 167 Å². The van der Waals surface area contributed by atoms with Crippen LogP contribution in [0.1, 0.15) is 27.8 Å². The fourth-order valence-corrected chi connectivity index (χ4v) is 4.40. The molecular formula is C24H24O3S. The second kappa shape index (κ2) is 9.00. The van der Waals surface area contributed by atoms with Crippen LogP contribution < -0.4 is 0 Å². The van der Waals surface area contributed by atoms with Gasteiger partial charge in [0.1, 0.15) is 0 Å². The topological polar surface area (TPSA) is 43.4 Å². The van der Waals surface area contributed by atoms with Gasteiger partial charge in [-0.1, -0.05) is 72.8 Å². The van der Waals surface area contributed by atoms with Gasteiger partial charge >= 0.3 is 0 Å². The van der Waals surface area contributed by atoms with Crippen LogP contribution in [0, 0.1) is 6.92 Å². The predicted octanol–water partition coefficient (Wildman–Crippen LogP) is 5.07. The number of aryl methyl sites for hydroxylation is 1. The monoisotopic (exact) mass is 392 g/mol. The molecule has 3 aromatic carbocycles. The van der Waals surface area contributed by atoms with E-state index in [0.717, 1.165) is 27.8 Å². The van der Waals surface area contributed by atoms with Crippen molar-refractivity contribution in [2.24, 2.45) is 0 Å². The molecule has 3 rings (SSSR count). The van der Waals surface area contributed by atoms with Gasteiger partial charge < -0.3 is 0 Å². The van der Waals surface area contributed by atoms with Crippen LogP contribution in [-0.2, 0) is 27.1 Å². The van der Waals surface area contributed by atoms with Crippen LogP contribution in [0.2, 0.25) is 0 Å². The first-order valence-electron chi connectivity index (χ1n) is 9.21. The Hall–Kier alpha value is -2.69. The van der Waals surface area contributed by atoms with Crippen molar-refractivity contribution in [3.05, 3.63) is 113 Å². The summed E-state index contributed by atoms with van der Waals surface area (Å²) in [5, 5.41) is 0. The van der Waals surface area contributed by atoms with E-state index in [1.807, 2.05) is 61.5 Å². The van der Waals surface area contributed by atoms with Crippen LogP contribution in [-0.4, -0.2) is 15.0 Å². The maximum atomic E-state index is 12.8. The van der Waals surface area contributed by atoms with Crippen molar-refractivity contribution in [3.63, 3.8) is 0 Å². The molecule has 0 aromatic heterocycles. The Kier molecular flexibility index (Phi) is 6.45. The molecule has 3 aromatic rings. The predicted molar refractivity (Wildman–Crippen MR) is 113 cm³/mol. The summed E-state index contributed by atoms with van der Waals surface area (Å²) in [5.41, 5.74) is 5.08. The SMILES string of the molecule is C=CCOS(=O)(=O)c1ccc(C)c(Cc2ccccc2)c1Cc1ccccc1. The van der Waals surface area contributed by atoms with Crippen molar-refractivity contribution >= 4 is 10.1 Å². The molecule has 0 N–H and O–H groups in total. The molecule has 3 nitrogen and oxygen atoms in total. The van der Waals surface area contributed by atoms with E-state index in [0.29, 0.717) is 12.8 Å². The normalized spacial score (nSPS) is 11.3. The number of rotatable bonds is 8. The summed E-state index contributed by atoms with van der Waals surface area (Å²) in [7, 11) is -3.88. The van der Waals surface area contributed by atoms with Crippen LogP contribution in [0.25, 0.3) is 0 Å². The van der Waals surface area contributed by atoms with Crippen molar-refractivity contribution in [2.45, 2.75) is 24.7 Å². The molecule has 28 heavy (non-hydrogen) atoms. The highest BCUT2D eigenvalue weighted by atomic mass is 32.2. The van der Waals surface area contributed by atoms with E-state index in [4.69, 9.17) is 4.18 Å². The molecule has 0 aliphatic carbocycles. The van der Waals surface area contributed by atoms with Gasteiger partial charge in [-0.2, -0.15) is 8.42 Å². The third-order valence-corrected chi connectivity index (χ3v) is 6.05. The summed E-state index contributed by atoms with van der Waals surface area (Å²) in [6.07, 6.45) is 2.63. The molecule has 0 radical (unpaired) electrons. The molecule has 0 spiro atoms. The molecule has 4 heteroatoms. The van der Waals surface area contributed by atoms with Gasteiger partial charge in [-0.15, -0.1) is 6.58 Å². The molecule has 0 unspecified atom stereocenters. The van der Waals surface area contributed by atoms with Gasteiger partial charge in [-0.05, 0) is 53.6 Å². The van der Waals surface area contributed by atoms with Gasteiger partial charge in [-0.3, -0.25) is 4.18 Å². The van der Waals surface area contributed by atoms with Crippen molar-refractivity contribution in [2.75, 3.05) is 6.61 Å². The van der Waals surface area contributed by atoms with Gasteiger partial charge in [0.25, 0.3) is 10.1 Å². The van der Waals surface area contributed by atoms with Crippen LogP contribution >= 0.6 is 0 Å². The lowest BCUT2D eigenvalue weighted by Crippen LogP contribution is -2.13. The van der Waals surface area contributed by atoms with Gasteiger partial charge in [0.05, 0.1) is 11.5 Å². The minimum Gasteiger partial charge on any atom is -0.262 e. The van der Waals surface area contributed by atoms with Crippen molar-refractivity contribution in [1.29, 1.82) is 0 Å². The molecule has 0 bridgehead atoms. The summed E-state index contributed by atoms with van der Waals surface area (Å²) in [6.45, 7) is 5.52. The lowest BCUT2D eigenvalue weighted by molar-refractivity contribution is 0.357. The molecule has 0 fully saturated rings. The Balaban J connectivity index is 2.14. The summed E-state index contributed by atoms with van der Waals surface area (Å²) < 4.78 is 30.8. The smallest absolute Gasteiger partial charge is 0.262 e. The average Bonchev–Trinajstić information content (AvgIpc) is 2.70. The number of hydrogen-bond acceptors (Lipinski definition) is 3. The minimum atomic E-state index is -3.88. The molecule has 0 aliphatic heterocycles. The second-order valence-corrected chi connectivity index (χ2v) is 8.27. The Morgan fingerprint density at radius 1 is 0.821 bits per heavy atom. The summed E-state index contributed by atoms with van der Waals surface area (Å²) in [4.78, 5) is 0.231. The van der Waals surface area contributed by atoms with E-state index < -0.39 is 10.1 Å². The fourth-order valence-electron chi connectivity index (χ4n) is 3.26. The standard InChI is InChI=1S/C24H24O3S/c1-3-16-27-28(25,26)24-15-14-19(2)22(17-20-10-6-4-7-11-20)23(24)18-21-12-8-5-9-13-21/h3-15H,1,16-18H2,2H3. The van der Waals surface area contributed by atoms with Crippen molar-refractivity contribution < 1.29 is 12.6 Å². The van der Waals surface area contributed by atoms with Crippen LogP contribution in [0.15, 0.2) is 90.3 Å². The van der Waals surface area contributed by atoms with Gasteiger partial charge in [0.2, 0.25) is 0 Å². The molecule has 0 atom stereocenters.